The van der Waals surface area contributed by atoms with Crippen molar-refractivity contribution in [2.24, 2.45) is 0 Å². The number of rotatable bonds is 6. The molecule has 0 radical (unpaired) electrons. The highest BCUT2D eigenvalue weighted by molar-refractivity contribution is 6.00. The van der Waals surface area contributed by atoms with Gasteiger partial charge in [-0.05, 0) is 39.7 Å². The molecule has 0 aliphatic carbocycles. The van der Waals surface area contributed by atoms with Gasteiger partial charge in [-0.1, -0.05) is 100 Å². The van der Waals surface area contributed by atoms with Gasteiger partial charge in [0.25, 0.3) is 0 Å². The summed E-state index contributed by atoms with van der Waals surface area (Å²) >= 11 is 0. The number of carbonyl (C=O) groups is 1. The summed E-state index contributed by atoms with van der Waals surface area (Å²) in [6, 6.07) is 24.9. The fraction of sp³-hybridized carbons (Fsp3) is 0.269. The molecule has 3 aromatic rings. The SMILES string of the molecule is CC(C)c1cccc(C(C)C)c1C(=O)Cc1cccc(-c2ccccc2)c1. The smallest absolute Gasteiger partial charge is 0.167 e. The van der Waals surface area contributed by atoms with E-state index in [0.29, 0.717) is 18.3 Å². The van der Waals surface area contributed by atoms with Crippen LogP contribution in [-0.2, 0) is 6.42 Å². The van der Waals surface area contributed by atoms with Crippen LogP contribution in [0.5, 0.6) is 0 Å². The zero-order chi connectivity index (χ0) is 19.4. The Morgan fingerprint density at radius 1 is 0.704 bits per heavy atom. The lowest BCUT2D eigenvalue weighted by Crippen LogP contribution is -2.12. The number of carbonyl (C=O) groups excluding carboxylic acids is 1. The molecule has 0 atom stereocenters. The summed E-state index contributed by atoms with van der Waals surface area (Å²) in [5.74, 6) is 0.879. The first-order chi connectivity index (χ1) is 13.0. The maximum atomic E-state index is 13.3. The first-order valence-electron chi connectivity index (χ1n) is 9.77. The lowest BCUT2D eigenvalue weighted by Gasteiger charge is -2.19. The summed E-state index contributed by atoms with van der Waals surface area (Å²) in [4.78, 5) is 13.3. The Labute approximate surface area is 163 Å². The average Bonchev–Trinajstić information content (AvgIpc) is 2.68. The molecule has 0 amide bonds. The molecule has 0 bridgehead atoms. The van der Waals surface area contributed by atoms with E-state index >= 15 is 0 Å². The minimum Gasteiger partial charge on any atom is -0.294 e. The van der Waals surface area contributed by atoms with Gasteiger partial charge in [-0.25, -0.2) is 0 Å². The summed E-state index contributed by atoms with van der Waals surface area (Å²) in [7, 11) is 0. The molecule has 1 heteroatoms. The molecule has 0 saturated heterocycles. The van der Waals surface area contributed by atoms with Gasteiger partial charge < -0.3 is 0 Å². The van der Waals surface area contributed by atoms with Gasteiger partial charge in [0.1, 0.15) is 0 Å². The topological polar surface area (TPSA) is 17.1 Å². The maximum Gasteiger partial charge on any atom is 0.167 e. The summed E-state index contributed by atoms with van der Waals surface area (Å²) < 4.78 is 0. The Kier molecular flexibility index (Phi) is 5.91. The molecule has 3 rings (SSSR count). The standard InChI is InChI=1S/C26H28O/c1-18(2)23-14-9-15-24(19(3)4)26(23)25(27)17-20-10-8-13-22(16-20)21-11-6-5-7-12-21/h5-16,18-19H,17H2,1-4H3. The van der Waals surface area contributed by atoms with Gasteiger partial charge in [-0.2, -0.15) is 0 Å². The number of Topliss-reactive ketones (excluding diaryl/α,β-unsaturated/α-hetero) is 1. The first kappa shape index (κ1) is 19.1. The van der Waals surface area contributed by atoms with Crippen LogP contribution in [0.1, 0.15) is 66.6 Å². The number of hydrogen-bond acceptors (Lipinski definition) is 1. The second-order valence-electron chi connectivity index (χ2n) is 7.79. The summed E-state index contributed by atoms with van der Waals surface area (Å²) in [6.45, 7) is 8.64. The van der Waals surface area contributed by atoms with Crippen LogP contribution < -0.4 is 0 Å². The van der Waals surface area contributed by atoms with Gasteiger partial charge in [0.2, 0.25) is 0 Å². The molecule has 0 aliphatic rings. The van der Waals surface area contributed by atoms with Gasteiger partial charge in [0, 0.05) is 12.0 Å². The van der Waals surface area contributed by atoms with E-state index in [9.17, 15) is 4.79 Å². The molecular formula is C26H28O. The molecule has 27 heavy (non-hydrogen) atoms. The molecule has 3 aromatic carbocycles. The highest BCUT2D eigenvalue weighted by atomic mass is 16.1. The van der Waals surface area contributed by atoms with Crippen molar-refractivity contribution in [1.29, 1.82) is 0 Å². The Hall–Kier alpha value is -2.67. The first-order valence-corrected chi connectivity index (χ1v) is 9.77. The molecule has 0 unspecified atom stereocenters. The van der Waals surface area contributed by atoms with Gasteiger partial charge in [-0.3, -0.25) is 4.79 Å². The number of benzene rings is 3. The lowest BCUT2D eigenvalue weighted by atomic mass is 9.85. The van der Waals surface area contributed by atoms with Gasteiger partial charge in [0.15, 0.2) is 5.78 Å². The second-order valence-corrected chi connectivity index (χ2v) is 7.79. The predicted molar refractivity (Wildman–Crippen MR) is 115 cm³/mol. The summed E-state index contributed by atoms with van der Waals surface area (Å²) in [5, 5.41) is 0. The third-order valence-corrected chi connectivity index (χ3v) is 5.05. The van der Waals surface area contributed by atoms with Crippen molar-refractivity contribution < 1.29 is 4.79 Å². The molecule has 0 fully saturated rings. The van der Waals surface area contributed by atoms with E-state index < -0.39 is 0 Å². The largest absolute Gasteiger partial charge is 0.294 e. The van der Waals surface area contributed by atoms with Crippen LogP contribution in [0, 0.1) is 0 Å². The van der Waals surface area contributed by atoms with E-state index in [-0.39, 0.29) is 5.78 Å². The molecule has 0 aliphatic heterocycles. The molecular weight excluding hydrogens is 328 g/mol. The van der Waals surface area contributed by atoms with Crippen molar-refractivity contribution >= 4 is 5.78 Å². The maximum absolute atomic E-state index is 13.3. The molecule has 0 N–H and O–H groups in total. The van der Waals surface area contributed by atoms with Crippen molar-refractivity contribution in [3.8, 4) is 11.1 Å². The zero-order valence-corrected chi connectivity index (χ0v) is 16.7. The minimum atomic E-state index is 0.216. The number of ketones is 1. The third kappa shape index (κ3) is 4.36. The van der Waals surface area contributed by atoms with Crippen molar-refractivity contribution in [1.82, 2.24) is 0 Å². The van der Waals surface area contributed by atoms with Crippen LogP contribution in [0.25, 0.3) is 11.1 Å². The van der Waals surface area contributed by atoms with Crippen LogP contribution in [-0.4, -0.2) is 5.78 Å². The van der Waals surface area contributed by atoms with Crippen LogP contribution in [0.3, 0.4) is 0 Å². The molecule has 138 valence electrons. The van der Waals surface area contributed by atoms with Gasteiger partial charge in [0.05, 0.1) is 0 Å². The van der Waals surface area contributed by atoms with E-state index in [1.165, 1.54) is 5.56 Å². The van der Waals surface area contributed by atoms with E-state index in [0.717, 1.165) is 27.8 Å². The quantitative estimate of drug-likeness (QED) is 0.433. The van der Waals surface area contributed by atoms with Crippen molar-refractivity contribution in [2.75, 3.05) is 0 Å². The normalized spacial score (nSPS) is 11.2. The predicted octanol–water partition coefficient (Wildman–Crippen LogP) is 7.03. The van der Waals surface area contributed by atoms with Crippen LogP contribution in [0.15, 0.2) is 72.8 Å². The lowest BCUT2D eigenvalue weighted by molar-refractivity contribution is 0.0990. The van der Waals surface area contributed by atoms with Crippen molar-refractivity contribution in [3.63, 3.8) is 0 Å². The fourth-order valence-electron chi connectivity index (χ4n) is 3.64. The Balaban J connectivity index is 1.95. The van der Waals surface area contributed by atoms with E-state index in [4.69, 9.17) is 0 Å². The zero-order valence-electron chi connectivity index (χ0n) is 16.7. The van der Waals surface area contributed by atoms with Gasteiger partial charge >= 0.3 is 0 Å². The number of hydrogen-bond donors (Lipinski definition) is 0. The molecule has 0 heterocycles. The molecule has 0 spiro atoms. The minimum absolute atomic E-state index is 0.216. The van der Waals surface area contributed by atoms with Crippen LogP contribution in [0.4, 0.5) is 0 Å². The van der Waals surface area contributed by atoms with Gasteiger partial charge in [-0.15, -0.1) is 0 Å². The fourth-order valence-corrected chi connectivity index (χ4v) is 3.64. The van der Waals surface area contributed by atoms with Crippen molar-refractivity contribution in [2.45, 2.75) is 46.0 Å². The van der Waals surface area contributed by atoms with E-state index in [2.05, 4.69) is 76.2 Å². The van der Waals surface area contributed by atoms with E-state index in [1.54, 1.807) is 0 Å². The van der Waals surface area contributed by atoms with Crippen LogP contribution in [0.2, 0.25) is 0 Å². The third-order valence-electron chi connectivity index (χ3n) is 5.05. The second kappa shape index (κ2) is 8.35. The Morgan fingerprint density at radius 3 is 1.85 bits per heavy atom. The highest BCUT2D eigenvalue weighted by Gasteiger charge is 2.20. The Bertz CT molecular complexity index is 894. The molecule has 0 aromatic heterocycles. The summed E-state index contributed by atoms with van der Waals surface area (Å²) in [5.41, 5.74) is 6.64. The van der Waals surface area contributed by atoms with Crippen molar-refractivity contribution in [3.05, 3.63) is 95.1 Å². The van der Waals surface area contributed by atoms with Crippen LogP contribution >= 0.6 is 0 Å². The summed E-state index contributed by atoms with van der Waals surface area (Å²) in [6.07, 6.45) is 0.435. The van der Waals surface area contributed by atoms with E-state index in [1.807, 2.05) is 24.3 Å². The molecule has 1 nitrogen and oxygen atoms in total. The monoisotopic (exact) mass is 356 g/mol. The highest BCUT2D eigenvalue weighted by Crippen LogP contribution is 2.29. The molecule has 0 saturated carbocycles. The average molecular weight is 357 g/mol. The Morgan fingerprint density at radius 2 is 1.26 bits per heavy atom.